The summed E-state index contributed by atoms with van der Waals surface area (Å²) >= 11 is 10.9. The fourth-order valence-corrected chi connectivity index (χ4v) is 2.64. The summed E-state index contributed by atoms with van der Waals surface area (Å²) in [5, 5.41) is 3.14. The Morgan fingerprint density at radius 2 is 2.13 bits per heavy atom. The van der Waals surface area contributed by atoms with Crippen LogP contribution in [0.5, 0.6) is 5.75 Å². The highest BCUT2D eigenvalue weighted by molar-refractivity contribution is 7.71. The second-order valence-corrected chi connectivity index (χ2v) is 5.72. The van der Waals surface area contributed by atoms with Gasteiger partial charge in [0.2, 0.25) is 5.91 Å². The number of amides is 1. The number of nitrogens with one attached hydrogen (secondary N) is 3. The molecule has 1 aromatic carbocycles. The lowest BCUT2D eigenvalue weighted by molar-refractivity contribution is -0.116. The van der Waals surface area contributed by atoms with Crippen molar-refractivity contribution in [3.63, 3.8) is 0 Å². The molecule has 3 N–H and O–H groups in total. The summed E-state index contributed by atoms with van der Waals surface area (Å²) in [5.74, 6) is 0.318. The Morgan fingerprint density at radius 1 is 1.39 bits per heavy atom. The average molecular weight is 354 g/mol. The molecule has 122 valence electrons. The Balaban J connectivity index is 2.02. The van der Waals surface area contributed by atoms with E-state index in [0.29, 0.717) is 34.1 Å². The predicted octanol–water partition coefficient (Wildman–Crippen LogP) is 2.97. The Labute approximate surface area is 142 Å². The van der Waals surface area contributed by atoms with Gasteiger partial charge >= 0.3 is 0 Å². The van der Waals surface area contributed by atoms with Crippen molar-refractivity contribution in [1.82, 2.24) is 9.97 Å². The molecular formula is C15H16ClN3O3S. The Bertz CT molecular complexity index is 845. The maximum absolute atomic E-state index is 12.0. The number of ether oxygens (including phenoxy) is 1. The van der Waals surface area contributed by atoms with Gasteiger partial charge in [-0.2, -0.15) is 0 Å². The van der Waals surface area contributed by atoms with Crippen LogP contribution in [0.15, 0.2) is 23.0 Å². The van der Waals surface area contributed by atoms with Gasteiger partial charge < -0.3 is 15.0 Å². The molecule has 0 unspecified atom stereocenters. The summed E-state index contributed by atoms with van der Waals surface area (Å²) in [6.07, 6.45) is 0.473. The van der Waals surface area contributed by atoms with Gasteiger partial charge in [0.25, 0.3) is 5.56 Å². The molecule has 0 fully saturated rings. The summed E-state index contributed by atoms with van der Waals surface area (Å²) in [6, 6.07) is 4.97. The van der Waals surface area contributed by atoms with E-state index >= 15 is 0 Å². The minimum Gasteiger partial charge on any atom is -0.495 e. The van der Waals surface area contributed by atoms with Crippen molar-refractivity contribution in [1.29, 1.82) is 0 Å². The van der Waals surface area contributed by atoms with Crippen LogP contribution in [0.3, 0.4) is 0 Å². The molecular weight excluding hydrogens is 338 g/mol. The van der Waals surface area contributed by atoms with E-state index in [1.165, 1.54) is 7.11 Å². The number of anilines is 1. The molecule has 8 heteroatoms. The molecule has 0 radical (unpaired) electrons. The number of halogens is 1. The van der Waals surface area contributed by atoms with E-state index in [1.807, 2.05) is 0 Å². The van der Waals surface area contributed by atoms with E-state index in [2.05, 4.69) is 15.3 Å². The largest absolute Gasteiger partial charge is 0.495 e. The molecule has 6 nitrogen and oxygen atoms in total. The summed E-state index contributed by atoms with van der Waals surface area (Å²) in [5.41, 5.74) is 1.48. The molecule has 2 rings (SSSR count). The first kappa shape index (κ1) is 17.2. The lowest BCUT2D eigenvalue weighted by atomic mass is 10.1. The molecule has 2 aromatic rings. The molecule has 0 aliphatic carbocycles. The van der Waals surface area contributed by atoms with Gasteiger partial charge in [0.1, 0.15) is 5.75 Å². The van der Waals surface area contributed by atoms with Gasteiger partial charge in [0.05, 0.1) is 12.1 Å². The second kappa shape index (κ2) is 7.43. The Kier molecular flexibility index (Phi) is 5.57. The van der Waals surface area contributed by atoms with E-state index in [4.69, 9.17) is 28.6 Å². The third kappa shape index (κ3) is 4.43. The number of benzene rings is 1. The number of hydrogen-bond acceptors (Lipinski definition) is 4. The molecule has 0 aliphatic rings. The van der Waals surface area contributed by atoms with Crippen molar-refractivity contribution in [3.05, 3.63) is 49.6 Å². The lowest BCUT2D eigenvalue weighted by Gasteiger charge is -2.08. The fraction of sp³-hybridized carbons (Fsp3) is 0.267. The van der Waals surface area contributed by atoms with Crippen LogP contribution >= 0.6 is 23.8 Å². The van der Waals surface area contributed by atoms with E-state index in [1.54, 1.807) is 25.1 Å². The monoisotopic (exact) mass is 353 g/mol. The van der Waals surface area contributed by atoms with Crippen LogP contribution in [0.4, 0.5) is 5.69 Å². The van der Waals surface area contributed by atoms with Crippen molar-refractivity contribution < 1.29 is 9.53 Å². The summed E-state index contributed by atoms with van der Waals surface area (Å²) in [6.45, 7) is 1.75. The molecule has 0 saturated heterocycles. The van der Waals surface area contributed by atoms with Crippen molar-refractivity contribution in [2.45, 2.75) is 19.8 Å². The van der Waals surface area contributed by atoms with Crippen LogP contribution in [-0.4, -0.2) is 23.0 Å². The number of H-pyrrole nitrogens is 2. The lowest BCUT2D eigenvalue weighted by Crippen LogP contribution is -2.19. The quantitative estimate of drug-likeness (QED) is 0.721. The van der Waals surface area contributed by atoms with Crippen LogP contribution in [-0.2, 0) is 11.2 Å². The van der Waals surface area contributed by atoms with E-state index in [0.717, 1.165) is 0 Å². The normalized spacial score (nSPS) is 10.4. The Hall–Kier alpha value is -2.12. The summed E-state index contributed by atoms with van der Waals surface area (Å²) in [7, 11) is 1.52. The fourth-order valence-electron chi connectivity index (χ4n) is 2.13. The van der Waals surface area contributed by atoms with E-state index < -0.39 is 0 Å². The third-order valence-electron chi connectivity index (χ3n) is 3.29. The van der Waals surface area contributed by atoms with Crippen molar-refractivity contribution in [2.24, 2.45) is 0 Å². The topological polar surface area (TPSA) is 87.0 Å². The zero-order chi connectivity index (χ0) is 17.0. The van der Waals surface area contributed by atoms with Gasteiger partial charge in [-0.15, -0.1) is 0 Å². The summed E-state index contributed by atoms with van der Waals surface area (Å²) in [4.78, 5) is 29.2. The number of aryl methyl sites for hydroxylation is 1. The number of aromatic amines is 2. The summed E-state index contributed by atoms with van der Waals surface area (Å²) < 4.78 is 5.32. The molecule has 0 atom stereocenters. The standard InChI is InChI=1S/C15H16ClN3O3S/c1-8-10(14(21)19-15(23)17-8)4-6-13(20)18-9-3-5-12(22-2)11(16)7-9/h3,5,7H,4,6H2,1-2H3,(H,18,20)(H2,17,19,21,23). The number of aromatic nitrogens is 2. The predicted molar refractivity (Wildman–Crippen MR) is 91.9 cm³/mol. The maximum atomic E-state index is 12.0. The van der Waals surface area contributed by atoms with Crippen molar-refractivity contribution in [2.75, 3.05) is 12.4 Å². The number of hydrogen-bond donors (Lipinski definition) is 3. The first-order chi connectivity index (χ1) is 10.9. The highest BCUT2D eigenvalue weighted by Crippen LogP contribution is 2.27. The van der Waals surface area contributed by atoms with Crippen molar-refractivity contribution >= 4 is 35.4 Å². The van der Waals surface area contributed by atoms with E-state index in [-0.39, 0.29) is 22.7 Å². The third-order valence-corrected chi connectivity index (χ3v) is 3.79. The first-order valence-electron chi connectivity index (χ1n) is 6.86. The smallest absolute Gasteiger partial charge is 0.255 e. The maximum Gasteiger partial charge on any atom is 0.255 e. The number of methoxy groups -OCH3 is 1. The highest BCUT2D eigenvalue weighted by Gasteiger charge is 2.10. The Morgan fingerprint density at radius 3 is 2.74 bits per heavy atom. The minimum atomic E-state index is -0.272. The van der Waals surface area contributed by atoms with Gasteiger partial charge in [0, 0.05) is 23.4 Å². The SMILES string of the molecule is COc1ccc(NC(=O)CCc2c(C)[nH]c(=S)[nH]c2=O)cc1Cl. The second-order valence-electron chi connectivity index (χ2n) is 4.91. The van der Waals surface area contributed by atoms with Gasteiger partial charge in [-0.05, 0) is 43.8 Å². The molecule has 1 aromatic heterocycles. The zero-order valence-corrected chi connectivity index (χ0v) is 14.2. The van der Waals surface area contributed by atoms with Crippen LogP contribution in [0.1, 0.15) is 17.7 Å². The van der Waals surface area contributed by atoms with Crippen LogP contribution in [0, 0.1) is 11.7 Å². The zero-order valence-electron chi connectivity index (χ0n) is 12.7. The van der Waals surface area contributed by atoms with Gasteiger partial charge in [-0.1, -0.05) is 11.6 Å². The molecule has 1 heterocycles. The van der Waals surface area contributed by atoms with Gasteiger partial charge in [-0.3, -0.25) is 14.6 Å². The van der Waals surface area contributed by atoms with Crippen molar-refractivity contribution in [3.8, 4) is 5.75 Å². The number of rotatable bonds is 5. The van der Waals surface area contributed by atoms with Gasteiger partial charge in [0.15, 0.2) is 4.77 Å². The first-order valence-corrected chi connectivity index (χ1v) is 7.65. The molecule has 0 saturated carbocycles. The molecule has 23 heavy (non-hydrogen) atoms. The van der Waals surface area contributed by atoms with Crippen LogP contribution < -0.4 is 15.6 Å². The molecule has 1 amide bonds. The number of carbonyl (C=O) groups is 1. The van der Waals surface area contributed by atoms with Gasteiger partial charge in [-0.25, -0.2) is 0 Å². The minimum absolute atomic E-state index is 0.165. The molecule has 0 bridgehead atoms. The van der Waals surface area contributed by atoms with E-state index in [9.17, 15) is 9.59 Å². The molecule has 0 spiro atoms. The number of carbonyl (C=O) groups excluding carboxylic acids is 1. The van der Waals surface area contributed by atoms with Crippen LogP contribution in [0.25, 0.3) is 0 Å². The highest BCUT2D eigenvalue weighted by atomic mass is 35.5. The average Bonchev–Trinajstić information content (AvgIpc) is 2.46. The molecule has 0 aliphatic heterocycles. The van der Waals surface area contributed by atoms with Crippen LogP contribution in [0.2, 0.25) is 5.02 Å².